The lowest BCUT2D eigenvalue weighted by Gasteiger charge is -2.29. The molecule has 0 bridgehead atoms. The molecule has 2 nitrogen and oxygen atoms in total. The third-order valence-corrected chi connectivity index (χ3v) is 2.73. The summed E-state index contributed by atoms with van der Waals surface area (Å²) >= 11 is 0. The van der Waals surface area contributed by atoms with Crippen molar-refractivity contribution in [1.82, 2.24) is 0 Å². The quantitative estimate of drug-likeness (QED) is 0.775. The first kappa shape index (κ1) is 10.5. The van der Waals surface area contributed by atoms with E-state index < -0.39 is 17.9 Å². The standard InChI is InChI=1S/C11H13F2NO/c12-7-3-4-8(10(13)6-7)9-2-1-5-15-11(9)14/h3-4,6,9,11H,1-2,5,14H2/t9-,11?/m1/s1. The van der Waals surface area contributed by atoms with Crippen LogP contribution in [0.15, 0.2) is 18.2 Å². The van der Waals surface area contributed by atoms with Crippen LogP contribution in [0.3, 0.4) is 0 Å². The second-order valence-electron chi connectivity index (χ2n) is 3.75. The maximum Gasteiger partial charge on any atom is 0.129 e. The minimum absolute atomic E-state index is 0.167. The maximum atomic E-state index is 13.5. The van der Waals surface area contributed by atoms with Crippen molar-refractivity contribution in [1.29, 1.82) is 0 Å². The van der Waals surface area contributed by atoms with E-state index in [0.717, 1.165) is 18.9 Å². The minimum atomic E-state index is -0.568. The fourth-order valence-electron chi connectivity index (χ4n) is 1.94. The van der Waals surface area contributed by atoms with Gasteiger partial charge in [0.25, 0.3) is 0 Å². The third-order valence-electron chi connectivity index (χ3n) is 2.73. The van der Waals surface area contributed by atoms with Gasteiger partial charge in [0, 0.05) is 18.6 Å². The van der Waals surface area contributed by atoms with Crippen LogP contribution in [0.25, 0.3) is 0 Å². The number of ether oxygens (including phenoxy) is 1. The zero-order chi connectivity index (χ0) is 10.8. The fraction of sp³-hybridized carbons (Fsp3) is 0.455. The SMILES string of the molecule is NC1OCCC[C@@H]1c1ccc(F)cc1F. The van der Waals surface area contributed by atoms with E-state index in [1.54, 1.807) is 0 Å². The number of halogens is 2. The van der Waals surface area contributed by atoms with Crippen LogP contribution in [0, 0.1) is 11.6 Å². The minimum Gasteiger partial charge on any atom is -0.363 e. The Bertz CT molecular complexity index is 356. The lowest BCUT2D eigenvalue weighted by atomic mass is 9.91. The van der Waals surface area contributed by atoms with Gasteiger partial charge in [-0.05, 0) is 24.5 Å². The number of benzene rings is 1. The van der Waals surface area contributed by atoms with E-state index in [0.29, 0.717) is 12.2 Å². The van der Waals surface area contributed by atoms with Crippen molar-refractivity contribution in [2.24, 2.45) is 5.73 Å². The molecule has 0 aromatic heterocycles. The molecule has 1 heterocycles. The van der Waals surface area contributed by atoms with Gasteiger partial charge in [0.1, 0.15) is 17.9 Å². The topological polar surface area (TPSA) is 35.2 Å². The van der Waals surface area contributed by atoms with Gasteiger partial charge < -0.3 is 10.5 Å². The smallest absolute Gasteiger partial charge is 0.129 e. The molecule has 0 radical (unpaired) electrons. The summed E-state index contributed by atoms with van der Waals surface area (Å²) in [6.45, 7) is 0.612. The Hall–Kier alpha value is -1.00. The monoisotopic (exact) mass is 213 g/mol. The van der Waals surface area contributed by atoms with Gasteiger partial charge in [0.05, 0.1) is 0 Å². The highest BCUT2D eigenvalue weighted by molar-refractivity contribution is 5.23. The largest absolute Gasteiger partial charge is 0.363 e. The van der Waals surface area contributed by atoms with Crippen LogP contribution in [0.2, 0.25) is 0 Å². The lowest BCUT2D eigenvalue weighted by Crippen LogP contribution is -2.35. The first-order valence-corrected chi connectivity index (χ1v) is 5.00. The van der Waals surface area contributed by atoms with Crippen LogP contribution < -0.4 is 5.73 Å². The maximum absolute atomic E-state index is 13.5. The van der Waals surface area contributed by atoms with Crippen LogP contribution in [-0.2, 0) is 4.74 Å². The summed E-state index contributed by atoms with van der Waals surface area (Å²) in [5.41, 5.74) is 6.18. The molecule has 1 fully saturated rings. The molecule has 1 aromatic rings. The van der Waals surface area contributed by atoms with Crippen molar-refractivity contribution in [3.8, 4) is 0 Å². The number of rotatable bonds is 1. The molecule has 1 aliphatic rings. The van der Waals surface area contributed by atoms with E-state index in [-0.39, 0.29) is 5.92 Å². The summed E-state index contributed by atoms with van der Waals surface area (Å²) in [5.74, 6) is -1.28. The van der Waals surface area contributed by atoms with Crippen LogP contribution >= 0.6 is 0 Å². The molecule has 1 aliphatic heterocycles. The van der Waals surface area contributed by atoms with E-state index in [9.17, 15) is 8.78 Å². The molecule has 1 unspecified atom stereocenters. The Kier molecular flexibility index (Phi) is 2.98. The summed E-state index contributed by atoms with van der Waals surface area (Å²) in [6, 6.07) is 3.58. The van der Waals surface area contributed by atoms with Crippen molar-refractivity contribution in [2.75, 3.05) is 6.61 Å². The second-order valence-corrected chi connectivity index (χ2v) is 3.75. The fourth-order valence-corrected chi connectivity index (χ4v) is 1.94. The van der Waals surface area contributed by atoms with Gasteiger partial charge in [0.2, 0.25) is 0 Å². The van der Waals surface area contributed by atoms with E-state index >= 15 is 0 Å². The average molecular weight is 213 g/mol. The number of hydrogen-bond acceptors (Lipinski definition) is 2. The molecule has 0 amide bonds. The molecule has 2 N–H and O–H groups in total. The summed E-state index contributed by atoms with van der Waals surface area (Å²) in [7, 11) is 0. The summed E-state index contributed by atoms with van der Waals surface area (Å²) in [6.07, 6.45) is 1.15. The Balaban J connectivity index is 2.27. The highest BCUT2D eigenvalue weighted by Crippen LogP contribution is 2.30. The van der Waals surface area contributed by atoms with Crippen LogP contribution in [-0.4, -0.2) is 12.8 Å². The number of nitrogens with two attached hydrogens (primary N) is 1. The second kappa shape index (κ2) is 4.24. The zero-order valence-corrected chi connectivity index (χ0v) is 8.25. The molecule has 4 heteroatoms. The van der Waals surface area contributed by atoms with E-state index in [1.807, 2.05) is 0 Å². The van der Waals surface area contributed by atoms with Crippen LogP contribution in [0.4, 0.5) is 8.78 Å². The van der Waals surface area contributed by atoms with Crippen molar-refractivity contribution >= 4 is 0 Å². The van der Waals surface area contributed by atoms with Gasteiger partial charge in [-0.1, -0.05) is 6.07 Å². The molecular weight excluding hydrogens is 200 g/mol. The predicted octanol–water partition coefficient (Wildman–Crippen LogP) is 2.14. The van der Waals surface area contributed by atoms with Crippen molar-refractivity contribution < 1.29 is 13.5 Å². The van der Waals surface area contributed by atoms with Crippen molar-refractivity contribution in [3.63, 3.8) is 0 Å². The van der Waals surface area contributed by atoms with E-state index in [4.69, 9.17) is 10.5 Å². The normalized spacial score (nSPS) is 26.6. The number of hydrogen-bond donors (Lipinski definition) is 1. The summed E-state index contributed by atoms with van der Waals surface area (Å²) < 4.78 is 31.4. The first-order valence-electron chi connectivity index (χ1n) is 5.00. The molecule has 2 atom stereocenters. The first-order chi connectivity index (χ1) is 7.18. The molecular formula is C11H13F2NO. The molecule has 1 aromatic carbocycles. The molecule has 0 spiro atoms. The highest BCUT2D eigenvalue weighted by Gasteiger charge is 2.26. The Morgan fingerprint density at radius 2 is 2.13 bits per heavy atom. The van der Waals surface area contributed by atoms with E-state index in [1.165, 1.54) is 12.1 Å². The van der Waals surface area contributed by atoms with Gasteiger partial charge >= 0.3 is 0 Å². The Labute approximate surface area is 87.0 Å². The highest BCUT2D eigenvalue weighted by atomic mass is 19.1. The molecule has 0 aliphatic carbocycles. The van der Waals surface area contributed by atoms with Crippen LogP contribution in [0.5, 0.6) is 0 Å². The molecule has 0 saturated carbocycles. The van der Waals surface area contributed by atoms with Gasteiger partial charge in [-0.2, -0.15) is 0 Å². The lowest BCUT2D eigenvalue weighted by molar-refractivity contribution is 0.00284. The predicted molar refractivity (Wildman–Crippen MR) is 52.3 cm³/mol. The van der Waals surface area contributed by atoms with Crippen molar-refractivity contribution in [3.05, 3.63) is 35.4 Å². The van der Waals surface area contributed by atoms with Gasteiger partial charge in [-0.15, -0.1) is 0 Å². The Morgan fingerprint density at radius 3 is 2.80 bits per heavy atom. The van der Waals surface area contributed by atoms with Crippen LogP contribution in [0.1, 0.15) is 24.3 Å². The van der Waals surface area contributed by atoms with Gasteiger partial charge in [0.15, 0.2) is 0 Å². The summed E-state index contributed by atoms with van der Waals surface area (Å²) in [5, 5.41) is 0. The molecule has 82 valence electrons. The Morgan fingerprint density at radius 1 is 1.33 bits per heavy atom. The zero-order valence-electron chi connectivity index (χ0n) is 8.25. The van der Waals surface area contributed by atoms with Gasteiger partial charge in [-0.3, -0.25) is 0 Å². The average Bonchev–Trinajstić information content (AvgIpc) is 2.20. The summed E-state index contributed by atoms with van der Waals surface area (Å²) in [4.78, 5) is 0. The molecule has 15 heavy (non-hydrogen) atoms. The third kappa shape index (κ3) is 2.16. The van der Waals surface area contributed by atoms with Gasteiger partial charge in [-0.25, -0.2) is 8.78 Å². The van der Waals surface area contributed by atoms with E-state index in [2.05, 4.69) is 0 Å². The van der Waals surface area contributed by atoms with Crippen molar-refractivity contribution in [2.45, 2.75) is 25.0 Å². The molecule has 2 rings (SSSR count). The molecule has 1 saturated heterocycles.